The van der Waals surface area contributed by atoms with E-state index in [-0.39, 0.29) is 0 Å². The minimum absolute atomic E-state index is 0.415. The SMILES string of the molecule is Cn1ccc(CNCc2ccc(C(N)=O)cc2Cl)n1. The van der Waals surface area contributed by atoms with Crippen LogP contribution in [0.4, 0.5) is 0 Å². The molecule has 1 aromatic carbocycles. The Morgan fingerprint density at radius 2 is 2.21 bits per heavy atom. The summed E-state index contributed by atoms with van der Waals surface area (Å²) >= 11 is 6.09. The van der Waals surface area contributed by atoms with Crippen molar-refractivity contribution in [3.8, 4) is 0 Å². The molecule has 1 aromatic heterocycles. The van der Waals surface area contributed by atoms with E-state index in [2.05, 4.69) is 10.4 Å². The van der Waals surface area contributed by atoms with E-state index in [9.17, 15) is 4.79 Å². The van der Waals surface area contributed by atoms with E-state index in [1.807, 2.05) is 19.3 Å². The first-order chi connectivity index (χ1) is 9.06. The van der Waals surface area contributed by atoms with Gasteiger partial charge in [0.2, 0.25) is 5.91 Å². The molecule has 0 aliphatic rings. The Morgan fingerprint density at radius 1 is 1.42 bits per heavy atom. The first-order valence-electron chi connectivity index (χ1n) is 5.84. The molecule has 0 aliphatic carbocycles. The maximum absolute atomic E-state index is 11.0. The van der Waals surface area contributed by atoms with Crippen molar-refractivity contribution in [1.29, 1.82) is 0 Å². The second-order valence-corrected chi connectivity index (χ2v) is 4.66. The lowest BCUT2D eigenvalue weighted by Gasteiger charge is -2.06. The fourth-order valence-corrected chi connectivity index (χ4v) is 1.97. The highest BCUT2D eigenvalue weighted by atomic mass is 35.5. The van der Waals surface area contributed by atoms with Crippen molar-refractivity contribution in [1.82, 2.24) is 15.1 Å². The normalized spacial score (nSPS) is 10.6. The summed E-state index contributed by atoms with van der Waals surface area (Å²) in [5.41, 5.74) is 7.49. The molecule has 100 valence electrons. The van der Waals surface area contributed by atoms with Crippen LogP contribution in [-0.2, 0) is 20.1 Å². The summed E-state index contributed by atoms with van der Waals surface area (Å²) < 4.78 is 1.76. The van der Waals surface area contributed by atoms with Crippen LogP contribution in [0.25, 0.3) is 0 Å². The van der Waals surface area contributed by atoms with E-state index in [1.54, 1.807) is 22.9 Å². The Hall–Kier alpha value is -1.85. The van der Waals surface area contributed by atoms with Crippen molar-refractivity contribution in [3.05, 3.63) is 52.3 Å². The molecule has 0 radical (unpaired) electrons. The van der Waals surface area contributed by atoms with Crippen LogP contribution in [0.1, 0.15) is 21.6 Å². The van der Waals surface area contributed by atoms with Gasteiger partial charge in [0.15, 0.2) is 0 Å². The first-order valence-corrected chi connectivity index (χ1v) is 6.21. The zero-order valence-electron chi connectivity index (χ0n) is 10.6. The summed E-state index contributed by atoms with van der Waals surface area (Å²) in [6, 6.07) is 7.01. The van der Waals surface area contributed by atoms with Gasteiger partial charge >= 0.3 is 0 Å². The summed E-state index contributed by atoms with van der Waals surface area (Å²) in [6.07, 6.45) is 1.89. The molecule has 2 aromatic rings. The van der Waals surface area contributed by atoms with Crippen LogP contribution < -0.4 is 11.1 Å². The highest BCUT2D eigenvalue weighted by Gasteiger charge is 2.05. The monoisotopic (exact) mass is 278 g/mol. The topological polar surface area (TPSA) is 72.9 Å². The largest absolute Gasteiger partial charge is 0.366 e. The van der Waals surface area contributed by atoms with E-state index in [1.165, 1.54) is 0 Å². The number of aryl methyl sites for hydroxylation is 1. The van der Waals surface area contributed by atoms with Crippen LogP contribution in [0.5, 0.6) is 0 Å². The van der Waals surface area contributed by atoms with Gasteiger partial charge in [-0.3, -0.25) is 9.48 Å². The van der Waals surface area contributed by atoms with Crippen LogP contribution >= 0.6 is 11.6 Å². The number of carbonyl (C=O) groups is 1. The highest BCUT2D eigenvalue weighted by Crippen LogP contribution is 2.17. The molecular formula is C13H15ClN4O. The van der Waals surface area contributed by atoms with Crippen LogP contribution in [0, 0.1) is 0 Å². The molecule has 0 unspecified atom stereocenters. The van der Waals surface area contributed by atoms with Crippen LogP contribution in [0.15, 0.2) is 30.5 Å². The first kappa shape index (κ1) is 13.6. The molecule has 0 saturated heterocycles. The van der Waals surface area contributed by atoms with E-state index >= 15 is 0 Å². The lowest BCUT2D eigenvalue weighted by Crippen LogP contribution is -2.15. The number of primary amides is 1. The van der Waals surface area contributed by atoms with Gasteiger partial charge in [-0.2, -0.15) is 5.10 Å². The number of rotatable bonds is 5. The molecule has 0 aliphatic heterocycles. The molecule has 6 heteroatoms. The van der Waals surface area contributed by atoms with Crippen LogP contribution in [0.3, 0.4) is 0 Å². The van der Waals surface area contributed by atoms with Crippen molar-refractivity contribution in [3.63, 3.8) is 0 Å². The lowest BCUT2D eigenvalue weighted by atomic mass is 10.1. The summed E-state index contributed by atoms with van der Waals surface area (Å²) in [7, 11) is 1.88. The quantitative estimate of drug-likeness (QED) is 0.870. The summed E-state index contributed by atoms with van der Waals surface area (Å²) in [5.74, 6) is -0.477. The second-order valence-electron chi connectivity index (χ2n) is 4.25. The number of amides is 1. The molecule has 0 saturated carbocycles. The summed E-state index contributed by atoms with van der Waals surface area (Å²) in [6.45, 7) is 1.27. The Kier molecular flexibility index (Phi) is 4.19. The minimum Gasteiger partial charge on any atom is -0.366 e. The van der Waals surface area contributed by atoms with Crippen LogP contribution in [0.2, 0.25) is 5.02 Å². The Bertz CT molecular complexity index is 594. The third kappa shape index (κ3) is 3.56. The van der Waals surface area contributed by atoms with Gasteiger partial charge in [-0.15, -0.1) is 0 Å². The smallest absolute Gasteiger partial charge is 0.248 e. The number of aromatic nitrogens is 2. The van der Waals surface area contributed by atoms with Gasteiger partial charge in [-0.1, -0.05) is 17.7 Å². The van der Waals surface area contributed by atoms with Crippen molar-refractivity contribution < 1.29 is 4.79 Å². The molecular weight excluding hydrogens is 264 g/mol. The molecule has 0 bridgehead atoms. The predicted molar refractivity (Wildman–Crippen MR) is 73.7 cm³/mol. The molecule has 0 spiro atoms. The summed E-state index contributed by atoms with van der Waals surface area (Å²) in [5, 5.41) is 8.04. The van der Waals surface area contributed by atoms with Gasteiger partial charge in [0, 0.05) is 36.9 Å². The van der Waals surface area contributed by atoms with Gasteiger partial charge in [0.25, 0.3) is 0 Å². The average Bonchev–Trinajstić information content (AvgIpc) is 2.77. The fourth-order valence-electron chi connectivity index (χ4n) is 1.73. The standard InChI is InChI=1S/C13H15ClN4O/c1-18-5-4-11(17-18)8-16-7-10-3-2-9(13(15)19)6-12(10)14/h2-6,16H,7-8H2,1H3,(H2,15,19). The molecule has 3 N–H and O–H groups in total. The average molecular weight is 279 g/mol. The molecule has 0 atom stereocenters. The minimum atomic E-state index is -0.477. The number of nitrogens with two attached hydrogens (primary N) is 1. The van der Waals surface area contributed by atoms with Crippen LogP contribution in [-0.4, -0.2) is 15.7 Å². The third-order valence-electron chi connectivity index (χ3n) is 2.73. The van der Waals surface area contributed by atoms with E-state index in [0.717, 1.165) is 11.3 Å². The van der Waals surface area contributed by atoms with Gasteiger partial charge in [0.1, 0.15) is 0 Å². The lowest BCUT2D eigenvalue weighted by molar-refractivity contribution is 0.100. The maximum atomic E-state index is 11.0. The Morgan fingerprint density at radius 3 is 2.79 bits per heavy atom. The molecule has 2 rings (SSSR count). The van der Waals surface area contributed by atoms with Crippen molar-refractivity contribution >= 4 is 17.5 Å². The van der Waals surface area contributed by atoms with E-state index in [0.29, 0.717) is 23.7 Å². The molecule has 1 amide bonds. The summed E-state index contributed by atoms with van der Waals surface area (Å²) in [4.78, 5) is 11.0. The third-order valence-corrected chi connectivity index (χ3v) is 3.08. The van der Waals surface area contributed by atoms with Gasteiger partial charge in [0.05, 0.1) is 5.69 Å². The van der Waals surface area contributed by atoms with Crippen molar-refractivity contribution in [2.45, 2.75) is 13.1 Å². The fraction of sp³-hybridized carbons (Fsp3) is 0.231. The number of benzene rings is 1. The Labute approximate surface area is 116 Å². The zero-order valence-corrected chi connectivity index (χ0v) is 11.3. The van der Waals surface area contributed by atoms with Crippen molar-refractivity contribution in [2.75, 3.05) is 0 Å². The van der Waals surface area contributed by atoms with Crippen molar-refractivity contribution in [2.24, 2.45) is 12.8 Å². The molecule has 5 nitrogen and oxygen atoms in total. The van der Waals surface area contributed by atoms with E-state index in [4.69, 9.17) is 17.3 Å². The number of hydrogen-bond donors (Lipinski definition) is 2. The number of halogens is 1. The van der Waals surface area contributed by atoms with E-state index < -0.39 is 5.91 Å². The van der Waals surface area contributed by atoms with Gasteiger partial charge in [-0.05, 0) is 23.8 Å². The number of carbonyl (C=O) groups excluding carboxylic acids is 1. The predicted octanol–water partition coefficient (Wildman–Crippen LogP) is 1.46. The second kappa shape index (κ2) is 5.86. The van der Waals surface area contributed by atoms with Gasteiger partial charge < -0.3 is 11.1 Å². The molecule has 1 heterocycles. The number of hydrogen-bond acceptors (Lipinski definition) is 3. The zero-order chi connectivity index (χ0) is 13.8. The molecule has 19 heavy (non-hydrogen) atoms. The number of nitrogens with zero attached hydrogens (tertiary/aromatic N) is 2. The Balaban J connectivity index is 1.94. The maximum Gasteiger partial charge on any atom is 0.248 e. The highest BCUT2D eigenvalue weighted by molar-refractivity contribution is 6.31. The molecule has 0 fully saturated rings. The van der Waals surface area contributed by atoms with Gasteiger partial charge in [-0.25, -0.2) is 0 Å². The number of nitrogens with one attached hydrogen (secondary N) is 1.